The molecule has 3 aliphatic heterocycles. The molecule has 400 valence electrons. The Morgan fingerprint density at radius 2 is 0.961 bits per heavy atom. The number of nitrogens with one attached hydrogen (secondary N) is 5. The summed E-state index contributed by atoms with van der Waals surface area (Å²) in [6.07, 6.45) is 3.69. The number of hydrazone groups is 3. The monoisotopic (exact) mass is 1040 g/mol. The smallest absolute Gasteiger partial charge is 0.323 e. The molecule has 3 heterocycles. The number of nitroso groups, excluding NO2 is 1. The zero-order valence-corrected chi connectivity index (χ0v) is 45.8. The second-order valence-electron chi connectivity index (χ2n) is 20.4. The molecule has 18 nitrogen and oxygen atoms in total. The first-order chi connectivity index (χ1) is 36.4. The van der Waals surface area contributed by atoms with Crippen LogP contribution < -0.4 is 38.4 Å². The Balaban J connectivity index is 0.000000202. The number of rotatable bonds is 9. The Labute approximate surface area is 450 Å². The van der Waals surface area contributed by atoms with Crippen LogP contribution in [0.3, 0.4) is 0 Å². The Morgan fingerprint density at radius 3 is 1.39 bits per heavy atom. The third kappa shape index (κ3) is 14.6. The molecule has 3 aliphatic rings. The van der Waals surface area contributed by atoms with Gasteiger partial charge in [0, 0.05) is 74.9 Å². The van der Waals surface area contributed by atoms with Gasteiger partial charge in [0.25, 0.3) is 0 Å². The van der Waals surface area contributed by atoms with Crippen LogP contribution in [0.15, 0.2) is 111 Å². The first kappa shape index (κ1) is 58.9. The number of carbonyl (C=O) groups excluding carboxylic acids is 4. The fraction of sp³-hybridized carbons (Fsp3) is 0.339. The summed E-state index contributed by atoms with van der Waals surface area (Å²) < 4.78 is 0. The molecule has 3 unspecified atom stereocenters. The van der Waals surface area contributed by atoms with Crippen molar-refractivity contribution in [3.63, 3.8) is 0 Å². The van der Waals surface area contributed by atoms with Crippen molar-refractivity contribution in [2.24, 2.45) is 36.7 Å². The average molecular weight is 1040 g/mol. The van der Waals surface area contributed by atoms with E-state index >= 15 is 0 Å². The number of nitrogens with two attached hydrogens (primary N) is 2. The molecule has 0 fully saturated rings. The molecule has 9 N–H and O–H groups in total. The topological polar surface area (TPSA) is 295 Å². The molecular formula is C59H69N13O5. The highest BCUT2D eigenvalue weighted by molar-refractivity contribution is 6.11. The number of nitrogens with zero attached hydrogens (tertiary/aromatic N) is 6. The minimum atomic E-state index is -0.375. The lowest BCUT2D eigenvalue weighted by molar-refractivity contribution is -0.123. The third-order valence-electron chi connectivity index (χ3n) is 14.5. The van der Waals surface area contributed by atoms with Gasteiger partial charge < -0.3 is 22.1 Å². The number of hydrogen-bond acceptors (Lipinski definition) is 13. The lowest BCUT2D eigenvalue weighted by Crippen LogP contribution is -2.40. The number of aryl methyl sites for hydroxylation is 5. The van der Waals surface area contributed by atoms with Crippen LogP contribution in [0.1, 0.15) is 136 Å². The number of benzene rings is 5. The van der Waals surface area contributed by atoms with E-state index in [4.69, 9.17) is 22.0 Å². The number of anilines is 4. The summed E-state index contributed by atoms with van der Waals surface area (Å²) in [6.45, 7) is 21.7. The molecule has 5 aromatic carbocycles. The Morgan fingerprint density at radius 1 is 0.545 bits per heavy atom. The van der Waals surface area contributed by atoms with E-state index in [-0.39, 0.29) is 40.0 Å². The van der Waals surface area contributed by atoms with Gasteiger partial charge in [-0.25, -0.2) is 21.1 Å². The molecule has 8 rings (SSSR count). The maximum atomic E-state index is 12.6. The van der Waals surface area contributed by atoms with E-state index in [1.54, 1.807) is 42.5 Å². The van der Waals surface area contributed by atoms with Crippen molar-refractivity contribution in [1.29, 1.82) is 10.5 Å². The van der Waals surface area contributed by atoms with Crippen LogP contribution >= 0.6 is 0 Å². The van der Waals surface area contributed by atoms with Crippen LogP contribution in [0.2, 0.25) is 0 Å². The molecule has 0 saturated heterocycles. The number of nitrogen functional groups attached to an aromatic ring is 2. The van der Waals surface area contributed by atoms with Gasteiger partial charge in [0.05, 0.1) is 40.4 Å². The zero-order chi connectivity index (χ0) is 56.8. The molecular weight excluding hydrogens is 971 g/mol. The highest BCUT2D eigenvalue weighted by Crippen LogP contribution is 2.37. The van der Waals surface area contributed by atoms with Gasteiger partial charge >= 0.3 is 6.03 Å². The maximum Gasteiger partial charge on any atom is 0.323 e. The van der Waals surface area contributed by atoms with E-state index in [0.29, 0.717) is 47.5 Å². The minimum absolute atomic E-state index is 0.0248. The lowest BCUT2D eigenvalue weighted by atomic mass is 9.75. The largest absolute Gasteiger partial charge is 0.399 e. The van der Waals surface area contributed by atoms with Gasteiger partial charge in [0.15, 0.2) is 0 Å². The molecule has 0 aromatic heterocycles. The van der Waals surface area contributed by atoms with Gasteiger partial charge in [-0.3, -0.25) is 14.4 Å². The van der Waals surface area contributed by atoms with Gasteiger partial charge in [-0.1, -0.05) is 77.9 Å². The first-order valence-electron chi connectivity index (χ1n) is 25.3. The van der Waals surface area contributed by atoms with Crippen LogP contribution in [-0.2, 0) is 14.4 Å². The summed E-state index contributed by atoms with van der Waals surface area (Å²) in [6, 6.07) is 31.2. The van der Waals surface area contributed by atoms with Crippen LogP contribution in [0.25, 0.3) is 0 Å². The molecule has 0 radical (unpaired) electrons. The summed E-state index contributed by atoms with van der Waals surface area (Å²) >= 11 is 0. The van der Waals surface area contributed by atoms with Crippen molar-refractivity contribution >= 4 is 69.3 Å². The van der Waals surface area contributed by atoms with Gasteiger partial charge in [-0.2, -0.15) is 25.8 Å². The van der Waals surface area contributed by atoms with Crippen LogP contribution in [-0.4, -0.2) is 40.9 Å². The summed E-state index contributed by atoms with van der Waals surface area (Å²) in [7, 11) is 0. The second-order valence-corrected chi connectivity index (χ2v) is 20.4. The maximum absolute atomic E-state index is 12.6. The number of hydrogen-bond donors (Lipinski definition) is 7. The Kier molecular flexibility index (Phi) is 19.5. The molecule has 18 heteroatoms. The number of amides is 5. The highest BCUT2D eigenvalue weighted by Gasteiger charge is 2.38. The molecule has 0 bridgehead atoms. The van der Waals surface area contributed by atoms with Crippen molar-refractivity contribution in [3.05, 3.63) is 152 Å². The fourth-order valence-corrected chi connectivity index (χ4v) is 8.75. The van der Waals surface area contributed by atoms with E-state index in [0.717, 1.165) is 92.3 Å². The van der Waals surface area contributed by atoms with Gasteiger partial charge in [0.2, 0.25) is 17.7 Å². The molecule has 3 atom stereocenters. The number of carbonyl (C=O) groups is 4. The summed E-state index contributed by atoms with van der Waals surface area (Å²) in [5, 5.41) is 38.9. The van der Waals surface area contributed by atoms with E-state index < -0.39 is 0 Å². The van der Waals surface area contributed by atoms with E-state index in [1.807, 2.05) is 117 Å². The predicted octanol–water partition coefficient (Wildman–Crippen LogP) is 11.2. The Hall–Kier alpha value is -9.03. The SMILES string of the molecule is CCC1(C)CC(=O)NN=C1c1ccc(C)c(N)c1.CCC1(C)CC(=O)NN=C1c1ccc(C)c(N=O)c1.CCC1(C)CC(=O)NN=C1c1ccc(C)c(NC(=O)Nc2ccc(C#N)cc2C)c1.Cc1cc(C#N)ccc1N. The van der Waals surface area contributed by atoms with Crippen molar-refractivity contribution in [2.45, 2.75) is 115 Å². The van der Waals surface area contributed by atoms with Gasteiger partial charge in [0.1, 0.15) is 5.69 Å². The molecule has 77 heavy (non-hydrogen) atoms. The molecule has 5 aromatic rings. The molecule has 0 spiro atoms. The summed E-state index contributed by atoms with van der Waals surface area (Å²) in [4.78, 5) is 58.2. The predicted molar refractivity (Wildman–Crippen MR) is 305 cm³/mol. The van der Waals surface area contributed by atoms with Gasteiger partial charge in [-0.05, 0) is 141 Å². The van der Waals surface area contributed by atoms with Crippen molar-refractivity contribution in [3.8, 4) is 12.1 Å². The molecule has 0 aliphatic carbocycles. The van der Waals surface area contributed by atoms with Crippen molar-refractivity contribution < 1.29 is 19.2 Å². The van der Waals surface area contributed by atoms with Crippen LogP contribution in [0.5, 0.6) is 0 Å². The lowest BCUT2D eigenvalue weighted by Gasteiger charge is -2.32. The number of nitriles is 2. The van der Waals surface area contributed by atoms with E-state index in [9.17, 15) is 24.1 Å². The van der Waals surface area contributed by atoms with Gasteiger partial charge in [-0.15, -0.1) is 4.91 Å². The van der Waals surface area contributed by atoms with E-state index in [1.165, 1.54) is 0 Å². The summed E-state index contributed by atoms with van der Waals surface area (Å²) in [5.41, 5.74) is 32.4. The highest BCUT2D eigenvalue weighted by atomic mass is 16.3. The minimum Gasteiger partial charge on any atom is -0.399 e. The van der Waals surface area contributed by atoms with Crippen LogP contribution in [0, 0.1) is 78.4 Å². The van der Waals surface area contributed by atoms with E-state index in [2.05, 4.69) is 67.3 Å². The summed E-state index contributed by atoms with van der Waals surface area (Å²) in [5.74, 6) is -0.192. The quantitative estimate of drug-likeness (QED) is 0.0545. The molecule has 5 amide bonds. The van der Waals surface area contributed by atoms with Crippen molar-refractivity contribution in [2.75, 3.05) is 22.1 Å². The normalized spacial score (nSPS) is 19.3. The first-order valence-corrected chi connectivity index (χ1v) is 25.3. The number of urea groups is 1. The zero-order valence-electron chi connectivity index (χ0n) is 45.8. The molecule has 0 saturated carbocycles. The fourth-order valence-electron chi connectivity index (χ4n) is 8.75. The Bertz CT molecular complexity index is 3280. The van der Waals surface area contributed by atoms with Crippen molar-refractivity contribution in [1.82, 2.24) is 16.3 Å². The third-order valence-corrected chi connectivity index (χ3v) is 14.5. The average Bonchev–Trinajstić information content (AvgIpc) is 3.40. The standard InChI is InChI=1S/C23H25N5O2.C14H17N3O2.C14H19N3O.C8H8N2/c1-5-23(4)12-20(29)27-28-21(23)17-8-6-14(2)19(11-17)26-22(30)25-18-9-7-16(13-24)10-15(18)3;1-4-14(3)8-12(18)15-16-13(14)10-6-5-9(2)11(7-10)17-19;1-4-14(3)8-12(18)16-17-13(14)10-6-5-9(2)11(15)7-10;1-6-4-7(5-9)2-3-8(6)10/h6-11H,5,12H2,1-4H3,(H,27,29)(H2,25,26,30);5-7H,4,8H2,1-3H3,(H,15,18);5-7H,4,8,15H2,1-3H3,(H,16,18);2-4H,10H2,1H3. The second kappa shape index (κ2) is 25.5. The van der Waals surface area contributed by atoms with Crippen LogP contribution in [0.4, 0.5) is 33.2 Å².